The number of benzene rings is 1. The molecular formula is C20H23N3O5S. The highest BCUT2D eigenvalue weighted by Crippen LogP contribution is 2.32. The van der Waals surface area contributed by atoms with E-state index in [1.165, 1.54) is 0 Å². The quantitative estimate of drug-likeness (QED) is 0.661. The molecule has 2 fully saturated rings. The number of carbonyl (C=O) groups excluding carboxylic acids is 2. The lowest BCUT2D eigenvalue weighted by Crippen LogP contribution is -2.44. The first kappa shape index (κ1) is 19.6. The van der Waals surface area contributed by atoms with Crippen molar-refractivity contribution in [1.82, 2.24) is 14.7 Å². The molecule has 0 radical (unpaired) electrons. The summed E-state index contributed by atoms with van der Waals surface area (Å²) < 4.78 is 30.5. The second kappa shape index (κ2) is 7.62. The molecule has 9 heteroatoms. The van der Waals surface area contributed by atoms with Gasteiger partial charge < -0.3 is 9.64 Å². The summed E-state index contributed by atoms with van der Waals surface area (Å²) in [4.78, 5) is 26.6. The highest BCUT2D eigenvalue weighted by Gasteiger charge is 2.42. The van der Waals surface area contributed by atoms with Gasteiger partial charge in [-0.25, -0.2) is 17.9 Å². The predicted octanol–water partition coefficient (Wildman–Crippen LogP) is 1.52. The van der Waals surface area contributed by atoms with Crippen LogP contribution in [0.2, 0.25) is 0 Å². The van der Waals surface area contributed by atoms with Gasteiger partial charge in [-0.1, -0.05) is 0 Å². The van der Waals surface area contributed by atoms with Gasteiger partial charge in [-0.15, -0.1) is 0 Å². The van der Waals surface area contributed by atoms with Crippen molar-refractivity contribution < 1.29 is 22.7 Å². The number of ether oxygens (including phenoxy) is 1. The molecule has 154 valence electrons. The molecule has 1 saturated heterocycles. The van der Waals surface area contributed by atoms with E-state index in [9.17, 15) is 18.0 Å². The number of aromatic nitrogens is 2. The van der Waals surface area contributed by atoms with E-state index in [2.05, 4.69) is 5.10 Å². The summed E-state index contributed by atoms with van der Waals surface area (Å²) in [5.74, 6) is -0.809. The summed E-state index contributed by atoms with van der Waals surface area (Å²) in [6.07, 6.45) is 3.88. The smallest absolute Gasteiger partial charge is 0.338 e. The average molecular weight is 417 g/mol. The van der Waals surface area contributed by atoms with Gasteiger partial charge in [0.1, 0.15) is 0 Å². The Bertz CT molecular complexity index is 1020. The van der Waals surface area contributed by atoms with Gasteiger partial charge in [0.05, 0.1) is 22.8 Å². The molecule has 1 aromatic heterocycles. The van der Waals surface area contributed by atoms with Crippen molar-refractivity contribution in [2.45, 2.75) is 38.3 Å². The van der Waals surface area contributed by atoms with Gasteiger partial charge >= 0.3 is 5.97 Å². The first-order chi connectivity index (χ1) is 13.8. The standard InChI is InChI=1S/C20H23N3O5S/c1-14-8-10-21-23(14)17-4-2-15(3-5-17)20(25)28-12-19(24)22(16-6-7-16)18-9-11-29(26,27)13-18/h2-5,8,10,16,18H,6-7,9,11-13H2,1H3/t18-/m1/s1. The summed E-state index contributed by atoms with van der Waals surface area (Å²) in [5, 5.41) is 4.22. The average Bonchev–Trinajstić information content (AvgIpc) is 3.33. The van der Waals surface area contributed by atoms with Crippen LogP contribution in [0.3, 0.4) is 0 Å². The molecule has 1 aliphatic carbocycles. The zero-order chi connectivity index (χ0) is 20.6. The van der Waals surface area contributed by atoms with Crippen LogP contribution in [-0.4, -0.2) is 65.2 Å². The number of aryl methyl sites for hydroxylation is 1. The number of rotatable bonds is 6. The minimum atomic E-state index is -3.09. The Labute approximate surface area is 169 Å². The van der Waals surface area contributed by atoms with Gasteiger partial charge in [0, 0.05) is 24.0 Å². The van der Waals surface area contributed by atoms with Crippen molar-refractivity contribution in [2.75, 3.05) is 18.1 Å². The molecule has 0 bridgehead atoms. The molecule has 2 heterocycles. The van der Waals surface area contributed by atoms with Crippen molar-refractivity contribution in [2.24, 2.45) is 0 Å². The second-order valence-corrected chi connectivity index (χ2v) is 9.83. The number of hydrogen-bond acceptors (Lipinski definition) is 6. The third kappa shape index (κ3) is 4.34. The molecule has 0 N–H and O–H groups in total. The normalized spacial score (nSPS) is 20.4. The van der Waals surface area contributed by atoms with Gasteiger partial charge in [-0.3, -0.25) is 4.79 Å². The lowest BCUT2D eigenvalue weighted by Gasteiger charge is -2.28. The topological polar surface area (TPSA) is 98.6 Å². The van der Waals surface area contributed by atoms with Crippen LogP contribution in [-0.2, 0) is 19.4 Å². The van der Waals surface area contributed by atoms with Gasteiger partial charge in [0.2, 0.25) is 0 Å². The lowest BCUT2D eigenvalue weighted by molar-refractivity contribution is -0.137. The molecular weight excluding hydrogens is 394 g/mol. The van der Waals surface area contributed by atoms with Crippen molar-refractivity contribution in [1.29, 1.82) is 0 Å². The molecule has 0 spiro atoms. The van der Waals surface area contributed by atoms with Crippen LogP contribution in [0, 0.1) is 6.92 Å². The molecule has 2 aliphatic rings. The van der Waals surface area contributed by atoms with Gasteiger partial charge in [-0.2, -0.15) is 5.10 Å². The Morgan fingerprint density at radius 1 is 1.14 bits per heavy atom. The van der Waals surface area contributed by atoms with Crippen LogP contribution in [0.5, 0.6) is 0 Å². The zero-order valence-corrected chi connectivity index (χ0v) is 17.0. The Morgan fingerprint density at radius 3 is 2.41 bits per heavy atom. The largest absolute Gasteiger partial charge is 0.452 e. The van der Waals surface area contributed by atoms with Crippen LogP contribution in [0.25, 0.3) is 5.69 Å². The highest BCUT2D eigenvalue weighted by atomic mass is 32.2. The first-order valence-electron chi connectivity index (χ1n) is 9.64. The maximum Gasteiger partial charge on any atom is 0.338 e. The Balaban J connectivity index is 1.37. The van der Waals surface area contributed by atoms with E-state index >= 15 is 0 Å². The molecule has 4 rings (SSSR count). The monoisotopic (exact) mass is 417 g/mol. The van der Waals surface area contributed by atoms with E-state index < -0.39 is 15.8 Å². The maximum atomic E-state index is 12.6. The summed E-state index contributed by atoms with van der Waals surface area (Å²) in [7, 11) is -3.09. The molecule has 29 heavy (non-hydrogen) atoms. The Hall–Kier alpha value is -2.68. The molecule has 1 saturated carbocycles. The summed E-state index contributed by atoms with van der Waals surface area (Å²) in [6.45, 7) is 1.55. The van der Waals surface area contributed by atoms with Crippen LogP contribution in [0.4, 0.5) is 0 Å². The minimum Gasteiger partial charge on any atom is -0.452 e. The number of carbonyl (C=O) groups is 2. The van der Waals surface area contributed by atoms with Crippen molar-refractivity contribution >= 4 is 21.7 Å². The Kier molecular flexibility index (Phi) is 5.16. The number of esters is 1. The zero-order valence-electron chi connectivity index (χ0n) is 16.2. The molecule has 1 aliphatic heterocycles. The second-order valence-electron chi connectivity index (χ2n) is 7.60. The van der Waals surface area contributed by atoms with E-state index in [4.69, 9.17) is 4.74 Å². The number of amides is 1. The van der Waals surface area contributed by atoms with Gasteiger partial charge in [0.15, 0.2) is 16.4 Å². The Morgan fingerprint density at radius 2 is 1.86 bits per heavy atom. The summed E-state index contributed by atoms with van der Waals surface area (Å²) in [6, 6.07) is 8.43. The fraction of sp³-hybridized carbons (Fsp3) is 0.450. The molecule has 8 nitrogen and oxygen atoms in total. The lowest BCUT2D eigenvalue weighted by atomic mass is 10.2. The highest BCUT2D eigenvalue weighted by molar-refractivity contribution is 7.91. The maximum absolute atomic E-state index is 12.6. The number of hydrogen-bond donors (Lipinski definition) is 0. The van der Waals surface area contributed by atoms with E-state index in [0.29, 0.717) is 12.0 Å². The van der Waals surface area contributed by atoms with Crippen LogP contribution in [0.1, 0.15) is 35.3 Å². The van der Waals surface area contributed by atoms with Crippen LogP contribution < -0.4 is 0 Å². The van der Waals surface area contributed by atoms with E-state index in [1.807, 2.05) is 13.0 Å². The molecule has 0 unspecified atom stereocenters. The van der Waals surface area contributed by atoms with E-state index in [1.54, 1.807) is 40.0 Å². The van der Waals surface area contributed by atoms with Gasteiger partial charge in [-0.05, 0) is 56.5 Å². The predicted molar refractivity (Wildman–Crippen MR) is 106 cm³/mol. The van der Waals surface area contributed by atoms with Gasteiger partial charge in [0.25, 0.3) is 5.91 Å². The summed E-state index contributed by atoms with van der Waals surface area (Å²) >= 11 is 0. The molecule has 1 amide bonds. The van der Waals surface area contributed by atoms with Crippen LogP contribution in [0.15, 0.2) is 36.5 Å². The molecule has 2 aromatic rings. The fourth-order valence-electron chi connectivity index (χ4n) is 3.72. The number of nitrogens with zero attached hydrogens (tertiary/aromatic N) is 3. The third-order valence-electron chi connectivity index (χ3n) is 5.34. The first-order valence-corrected chi connectivity index (χ1v) is 11.5. The van der Waals surface area contributed by atoms with Crippen LogP contribution >= 0.6 is 0 Å². The van der Waals surface area contributed by atoms with E-state index in [0.717, 1.165) is 24.2 Å². The summed E-state index contributed by atoms with van der Waals surface area (Å²) in [5.41, 5.74) is 2.13. The number of sulfone groups is 1. The van der Waals surface area contributed by atoms with Crippen molar-refractivity contribution in [3.8, 4) is 5.69 Å². The van der Waals surface area contributed by atoms with Crippen molar-refractivity contribution in [3.05, 3.63) is 47.8 Å². The minimum absolute atomic E-state index is 0.00249. The van der Waals surface area contributed by atoms with E-state index in [-0.39, 0.29) is 36.1 Å². The fourth-order valence-corrected chi connectivity index (χ4v) is 5.43. The molecule has 1 atom stereocenters. The SMILES string of the molecule is Cc1ccnn1-c1ccc(C(=O)OCC(=O)N(C2CC2)[C@@H]2CCS(=O)(=O)C2)cc1. The third-order valence-corrected chi connectivity index (χ3v) is 7.09. The molecule has 1 aromatic carbocycles. The van der Waals surface area contributed by atoms with Crippen molar-refractivity contribution in [3.63, 3.8) is 0 Å².